The smallest absolute Gasteiger partial charge is 0.146 e. The Balaban J connectivity index is 2.25. The van der Waals surface area contributed by atoms with Crippen molar-refractivity contribution in [2.75, 3.05) is 21.3 Å². The lowest BCUT2D eigenvalue weighted by atomic mass is 10.2. The van der Waals surface area contributed by atoms with Crippen molar-refractivity contribution >= 4 is 11.6 Å². The Morgan fingerprint density at radius 2 is 1.57 bits per heavy atom. The van der Waals surface area contributed by atoms with Crippen LogP contribution in [0.5, 0.6) is 23.0 Å². The predicted octanol–water partition coefficient (Wildman–Crippen LogP) is 3.87. The molecule has 21 heavy (non-hydrogen) atoms. The molecular formula is C16H18ClNO3. The summed E-state index contributed by atoms with van der Waals surface area (Å²) in [5.74, 6) is 2.51. The molecule has 0 radical (unpaired) electrons. The highest BCUT2D eigenvalue weighted by Gasteiger charge is 2.07. The minimum absolute atomic E-state index is 0.560. The molecule has 0 aromatic heterocycles. The van der Waals surface area contributed by atoms with Crippen LogP contribution in [0.1, 0.15) is 5.56 Å². The lowest BCUT2D eigenvalue weighted by Gasteiger charge is -2.12. The number of ether oxygens (including phenoxy) is 3. The molecule has 4 nitrogen and oxygen atoms in total. The number of hydrogen-bond donors (Lipinski definition) is 1. The van der Waals surface area contributed by atoms with Gasteiger partial charge in [-0.05, 0) is 24.7 Å². The first-order valence-corrected chi connectivity index (χ1v) is 6.88. The van der Waals surface area contributed by atoms with E-state index in [1.54, 1.807) is 32.4 Å². The summed E-state index contributed by atoms with van der Waals surface area (Å²) in [5, 5.41) is 3.64. The van der Waals surface area contributed by atoms with E-state index in [1.165, 1.54) is 0 Å². The molecule has 1 N–H and O–H groups in total. The Kier molecular flexibility index (Phi) is 5.31. The molecule has 0 heterocycles. The van der Waals surface area contributed by atoms with Crippen molar-refractivity contribution in [3.63, 3.8) is 0 Å². The first-order valence-electron chi connectivity index (χ1n) is 6.50. The van der Waals surface area contributed by atoms with Gasteiger partial charge >= 0.3 is 0 Å². The zero-order chi connectivity index (χ0) is 15.2. The second-order valence-corrected chi connectivity index (χ2v) is 4.85. The number of hydrogen-bond acceptors (Lipinski definition) is 4. The zero-order valence-corrected chi connectivity index (χ0v) is 13.0. The first kappa shape index (κ1) is 15.5. The highest BCUT2D eigenvalue weighted by Crippen LogP contribution is 2.34. The Bertz CT molecular complexity index is 594. The fourth-order valence-corrected chi connectivity index (χ4v) is 2.15. The van der Waals surface area contributed by atoms with E-state index in [-0.39, 0.29) is 0 Å². The van der Waals surface area contributed by atoms with E-state index in [0.29, 0.717) is 28.0 Å². The number of halogens is 1. The third-order valence-corrected chi connectivity index (χ3v) is 3.23. The van der Waals surface area contributed by atoms with Crippen LogP contribution < -0.4 is 19.5 Å². The van der Waals surface area contributed by atoms with Crippen molar-refractivity contribution in [1.29, 1.82) is 0 Å². The van der Waals surface area contributed by atoms with E-state index in [9.17, 15) is 0 Å². The van der Waals surface area contributed by atoms with Crippen molar-refractivity contribution in [2.24, 2.45) is 0 Å². The summed E-state index contributed by atoms with van der Waals surface area (Å²) in [5.41, 5.74) is 1.10. The van der Waals surface area contributed by atoms with Gasteiger partial charge in [-0.1, -0.05) is 17.7 Å². The Labute approximate surface area is 129 Å². The normalized spacial score (nSPS) is 10.3. The molecule has 0 saturated carbocycles. The number of nitrogens with one attached hydrogen (secondary N) is 1. The second kappa shape index (κ2) is 7.20. The van der Waals surface area contributed by atoms with E-state index >= 15 is 0 Å². The second-order valence-electron chi connectivity index (χ2n) is 4.45. The molecule has 0 aliphatic heterocycles. The molecule has 112 valence electrons. The van der Waals surface area contributed by atoms with Crippen LogP contribution in [0.15, 0.2) is 36.4 Å². The van der Waals surface area contributed by atoms with Gasteiger partial charge in [-0.3, -0.25) is 0 Å². The Hall–Kier alpha value is -1.91. The van der Waals surface area contributed by atoms with Crippen molar-refractivity contribution in [3.05, 3.63) is 47.0 Å². The number of methoxy groups -OCH3 is 2. The topological polar surface area (TPSA) is 39.7 Å². The lowest BCUT2D eigenvalue weighted by Crippen LogP contribution is -2.04. The predicted molar refractivity (Wildman–Crippen MR) is 83.8 cm³/mol. The maximum Gasteiger partial charge on any atom is 0.146 e. The molecule has 0 spiro atoms. The van der Waals surface area contributed by atoms with Gasteiger partial charge in [-0.25, -0.2) is 0 Å². The van der Waals surface area contributed by atoms with Crippen LogP contribution in [0.3, 0.4) is 0 Å². The van der Waals surface area contributed by atoms with Gasteiger partial charge in [-0.15, -0.1) is 0 Å². The van der Waals surface area contributed by atoms with Crippen LogP contribution in [0, 0.1) is 0 Å². The molecule has 0 amide bonds. The standard InChI is InChI=1S/C16H18ClNO3/c1-18-10-11-4-5-16(15(17)6-11)21-14-8-12(19-2)7-13(9-14)20-3/h4-9,18H,10H2,1-3H3. The largest absolute Gasteiger partial charge is 0.496 e. The minimum atomic E-state index is 0.560. The van der Waals surface area contributed by atoms with E-state index in [1.807, 2.05) is 25.2 Å². The van der Waals surface area contributed by atoms with E-state index in [0.717, 1.165) is 12.1 Å². The van der Waals surface area contributed by atoms with Crippen LogP contribution in [0.4, 0.5) is 0 Å². The molecule has 0 aliphatic carbocycles. The number of rotatable bonds is 6. The minimum Gasteiger partial charge on any atom is -0.496 e. The summed E-state index contributed by atoms with van der Waals surface area (Å²) in [4.78, 5) is 0. The molecule has 0 atom stereocenters. The van der Waals surface area contributed by atoms with Gasteiger partial charge < -0.3 is 19.5 Å². The lowest BCUT2D eigenvalue weighted by molar-refractivity contribution is 0.386. The number of benzene rings is 2. The molecule has 2 aromatic carbocycles. The highest BCUT2D eigenvalue weighted by molar-refractivity contribution is 6.32. The summed E-state index contributed by atoms with van der Waals surface area (Å²) in [6.07, 6.45) is 0. The van der Waals surface area contributed by atoms with Crippen LogP contribution >= 0.6 is 11.6 Å². The molecule has 0 bridgehead atoms. The van der Waals surface area contributed by atoms with E-state index in [2.05, 4.69) is 5.32 Å². The van der Waals surface area contributed by atoms with Crippen LogP contribution in [0.2, 0.25) is 5.02 Å². The third-order valence-electron chi connectivity index (χ3n) is 2.93. The molecule has 0 unspecified atom stereocenters. The molecule has 5 heteroatoms. The quantitative estimate of drug-likeness (QED) is 0.879. The Morgan fingerprint density at radius 3 is 2.10 bits per heavy atom. The Morgan fingerprint density at radius 1 is 0.952 bits per heavy atom. The van der Waals surface area contributed by atoms with Gasteiger partial charge in [0.25, 0.3) is 0 Å². The highest BCUT2D eigenvalue weighted by atomic mass is 35.5. The summed E-state index contributed by atoms with van der Waals surface area (Å²) in [6, 6.07) is 11.0. The average Bonchev–Trinajstić information content (AvgIpc) is 2.50. The maximum atomic E-state index is 6.25. The van der Waals surface area contributed by atoms with Crippen LogP contribution in [-0.2, 0) is 6.54 Å². The first-order chi connectivity index (χ1) is 10.2. The molecule has 0 saturated heterocycles. The van der Waals surface area contributed by atoms with Crippen molar-refractivity contribution in [1.82, 2.24) is 5.32 Å². The SMILES string of the molecule is CNCc1ccc(Oc2cc(OC)cc(OC)c2)c(Cl)c1. The fraction of sp³-hybridized carbons (Fsp3) is 0.250. The fourth-order valence-electron chi connectivity index (χ4n) is 1.91. The molecule has 0 aliphatic rings. The monoisotopic (exact) mass is 307 g/mol. The summed E-state index contributed by atoms with van der Waals surface area (Å²) < 4.78 is 16.2. The van der Waals surface area contributed by atoms with E-state index in [4.69, 9.17) is 25.8 Å². The van der Waals surface area contributed by atoms with Crippen LogP contribution in [-0.4, -0.2) is 21.3 Å². The summed E-state index contributed by atoms with van der Waals surface area (Å²) in [6.45, 7) is 0.757. The van der Waals surface area contributed by atoms with Gasteiger partial charge in [0.15, 0.2) is 0 Å². The van der Waals surface area contributed by atoms with E-state index < -0.39 is 0 Å². The molecule has 0 fully saturated rings. The van der Waals surface area contributed by atoms with Gasteiger partial charge in [0.1, 0.15) is 23.0 Å². The van der Waals surface area contributed by atoms with Crippen LogP contribution in [0.25, 0.3) is 0 Å². The van der Waals surface area contributed by atoms with Gasteiger partial charge in [0, 0.05) is 24.7 Å². The third kappa shape index (κ3) is 4.03. The maximum absolute atomic E-state index is 6.25. The van der Waals surface area contributed by atoms with Crippen molar-refractivity contribution in [3.8, 4) is 23.0 Å². The summed E-state index contributed by atoms with van der Waals surface area (Å²) >= 11 is 6.25. The van der Waals surface area contributed by atoms with Gasteiger partial charge in [0.2, 0.25) is 0 Å². The molecular weight excluding hydrogens is 290 g/mol. The summed E-state index contributed by atoms with van der Waals surface area (Å²) in [7, 11) is 5.08. The zero-order valence-electron chi connectivity index (χ0n) is 12.3. The average molecular weight is 308 g/mol. The van der Waals surface area contributed by atoms with Gasteiger partial charge in [-0.2, -0.15) is 0 Å². The van der Waals surface area contributed by atoms with Crippen molar-refractivity contribution < 1.29 is 14.2 Å². The van der Waals surface area contributed by atoms with Crippen molar-refractivity contribution in [2.45, 2.75) is 6.54 Å². The molecule has 2 aromatic rings. The molecule has 2 rings (SSSR count). The van der Waals surface area contributed by atoms with Gasteiger partial charge in [0.05, 0.1) is 19.2 Å².